The van der Waals surface area contributed by atoms with Gasteiger partial charge in [0.25, 0.3) is 5.56 Å². The molecule has 0 atom stereocenters. The zero-order valence-electron chi connectivity index (χ0n) is 9.13. The van der Waals surface area contributed by atoms with Crippen molar-refractivity contribution in [3.8, 4) is 5.75 Å². The van der Waals surface area contributed by atoms with Gasteiger partial charge in [-0.3, -0.25) is 4.79 Å². The number of rotatable bonds is 3. The summed E-state index contributed by atoms with van der Waals surface area (Å²) >= 11 is 0. The summed E-state index contributed by atoms with van der Waals surface area (Å²) in [6.07, 6.45) is -5.04. The van der Waals surface area contributed by atoms with Crippen molar-refractivity contribution in [3.63, 3.8) is 0 Å². The summed E-state index contributed by atoms with van der Waals surface area (Å²) in [6.45, 7) is -0.217. The van der Waals surface area contributed by atoms with Gasteiger partial charge in [0, 0.05) is 18.3 Å². The fourth-order valence-corrected chi connectivity index (χ4v) is 1.20. The van der Waals surface area contributed by atoms with Crippen LogP contribution in [0.5, 0.6) is 5.75 Å². The van der Waals surface area contributed by atoms with E-state index in [-0.39, 0.29) is 12.2 Å². The maximum absolute atomic E-state index is 12.1. The molecular weight excluding hydrogens is 257 g/mol. The standard InChI is InChI=1S/C9H9F3N2O4/c1-17-8(16)6-5(18-9(10,11)12)2-4(3-13)14-7(6)15/h2H,3,13H2,1H3,(H,14,15). The molecule has 9 heteroatoms. The van der Waals surface area contributed by atoms with Crippen LogP contribution in [0.2, 0.25) is 0 Å². The lowest BCUT2D eigenvalue weighted by molar-refractivity contribution is -0.274. The minimum Gasteiger partial charge on any atom is -0.465 e. The first-order valence-electron chi connectivity index (χ1n) is 4.58. The number of esters is 1. The monoisotopic (exact) mass is 266 g/mol. The van der Waals surface area contributed by atoms with E-state index in [4.69, 9.17) is 5.73 Å². The third kappa shape index (κ3) is 3.23. The summed E-state index contributed by atoms with van der Waals surface area (Å²) in [4.78, 5) is 24.8. The quantitative estimate of drug-likeness (QED) is 0.778. The Bertz CT molecular complexity index is 510. The maximum atomic E-state index is 12.1. The van der Waals surface area contributed by atoms with Gasteiger partial charge in [-0.1, -0.05) is 0 Å². The number of methoxy groups -OCH3 is 1. The van der Waals surface area contributed by atoms with Gasteiger partial charge in [0.1, 0.15) is 0 Å². The number of nitrogens with one attached hydrogen (secondary N) is 1. The second-order valence-corrected chi connectivity index (χ2v) is 3.11. The molecule has 1 heterocycles. The Hall–Kier alpha value is -2.03. The Labute approximate surface area is 98.5 Å². The highest BCUT2D eigenvalue weighted by Gasteiger charge is 2.34. The number of nitrogens with two attached hydrogens (primary N) is 1. The van der Waals surface area contributed by atoms with Crippen LogP contribution in [0, 0.1) is 0 Å². The van der Waals surface area contributed by atoms with Gasteiger partial charge in [-0.2, -0.15) is 0 Å². The second-order valence-electron chi connectivity index (χ2n) is 3.11. The van der Waals surface area contributed by atoms with Crippen molar-refractivity contribution in [2.24, 2.45) is 5.73 Å². The van der Waals surface area contributed by atoms with Gasteiger partial charge in [-0.15, -0.1) is 13.2 Å². The Morgan fingerprint density at radius 3 is 2.56 bits per heavy atom. The van der Waals surface area contributed by atoms with E-state index < -0.39 is 29.2 Å². The van der Waals surface area contributed by atoms with E-state index in [1.54, 1.807) is 0 Å². The summed E-state index contributed by atoms with van der Waals surface area (Å²) in [7, 11) is 0.927. The molecule has 18 heavy (non-hydrogen) atoms. The van der Waals surface area contributed by atoms with Gasteiger partial charge < -0.3 is 20.2 Å². The van der Waals surface area contributed by atoms with E-state index in [1.807, 2.05) is 0 Å². The van der Waals surface area contributed by atoms with Gasteiger partial charge >= 0.3 is 12.3 Å². The number of H-pyrrole nitrogens is 1. The van der Waals surface area contributed by atoms with Crippen LogP contribution >= 0.6 is 0 Å². The van der Waals surface area contributed by atoms with E-state index >= 15 is 0 Å². The zero-order valence-corrected chi connectivity index (χ0v) is 9.13. The minimum absolute atomic E-state index is 0.00750. The molecule has 100 valence electrons. The van der Waals surface area contributed by atoms with Crippen molar-refractivity contribution in [3.05, 3.63) is 27.7 Å². The van der Waals surface area contributed by atoms with Crippen molar-refractivity contribution < 1.29 is 27.4 Å². The van der Waals surface area contributed by atoms with Crippen LogP contribution in [0.1, 0.15) is 16.1 Å². The van der Waals surface area contributed by atoms with Crippen LogP contribution in [0.3, 0.4) is 0 Å². The zero-order chi connectivity index (χ0) is 13.9. The number of hydrogen-bond acceptors (Lipinski definition) is 5. The Morgan fingerprint density at radius 1 is 1.50 bits per heavy atom. The van der Waals surface area contributed by atoms with Crippen molar-refractivity contribution in [1.82, 2.24) is 4.98 Å². The lowest BCUT2D eigenvalue weighted by Gasteiger charge is -2.12. The van der Waals surface area contributed by atoms with Gasteiger partial charge in [-0.05, 0) is 0 Å². The largest absolute Gasteiger partial charge is 0.573 e. The van der Waals surface area contributed by atoms with Crippen LogP contribution < -0.4 is 16.0 Å². The number of halogens is 3. The summed E-state index contributed by atoms with van der Waals surface area (Å²) in [5, 5.41) is 0. The average Bonchev–Trinajstić information content (AvgIpc) is 2.25. The lowest BCUT2D eigenvalue weighted by Crippen LogP contribution is -2.26. The molecule has 0 aliphatic heterocycles. The fourth-order valence-electron chi connectivity index (χ4n) is 1.20. The van der Waals surface area contributed by atoms with E-state index in [2.05, 4.69) is 14.5 Å². The van der Waals surface area contributed by atoms with Crippen LogP contribution in [0.25, 0.3) is 0 Å². The molecule has 0 unspecified atom stereocenters. The number of aromatic nitrogens is 1. The molecule has 3 N–H and O–H groups in total. The van der Waals surface area contributed by atoms with Gasteiger partial charge in [-0.25, -0.2) is 4.79 Å². The van der Waals surface area contributed by atoms with Crippen molar-refractivity contribution >= 4 is 5.97 Å². The summed E-state index contributed by atoms with van der Waals surface area (Å²) in [5.74, 6) is -2.18. The molecule has 0 aliphatic rings. The second kappa shape index (κ2) is 5.08. The number of alkyl halides is 3. The third-order valence-corrected chi connectivity index (χ3v) is 1.89. The van der Waals surface area contributed by atoms with E-state index in [9.17, 15) is 22.8 Å². The molecule has 1 rings (SSSR count). The number of hydrogen-bond donors (Lipinski definition) is 2. The van der Waals surface area contributed by atoms with Crippen LogP contribution in [0.4, 0.5) is 13.2 Å². The predicted molar refractivity (Wildman–Crippen MR) is 53.0 cm³/mol. The first kappa shape index (κ1) is 14.0. The summed E-state index contributed by atoms with van der Waals surface area (Å²) in [5.41, 5.74) is 3.25. The molecule has 6 nitrogen and oxygen atoms in total. The van der Waals surface area contributed by atoms with Gasteiger partial charge in [0.05, 0.1) is 7.11 Å². The molecule has 0 saturated heterocycles. The highest BCUT2D eigenvalue weighted by molar-refractivity contribution is 5.92. The average molecular weight is 266 g/mol. The topological polar surface area (TPSA) is 94.4 Å². The van der Waals surface area contributed by atoms with E-state index in [0.717, 1.165) is 13.2 Å². The highest BCUT2D eigenvalue weighted by atomic mass is 19.4. The molecule has 0 bridgehead atoms. The molecule has 1 aromatic rings. The summed E-state index contributed by atoms with van der Waals surface area (Å²) < 4.78 is 44.2. The van der Waals surface area contributed by atoms with E-state index in [0.29, 0.717) is 0 Å². The number of ether oxygens (including phenoxy) is 2. The molecule has 1 aromatic heterocycles. The van der Waals surface area contributed by atoms with Gasteiger partial charge in [0.2, 0.25) is 0 Å². The molecule has 0 fully saturated rings. The van der Waals surface area contributed by atoms with Gasteiger partial charge in [0.15, 0.2) is 11.3 Å². The van der Waals surface area contributed by atoms with Crippen LogP contribution in [-0.2, 0) is 11.3 Å². The Balaban J connectivity index is 3.39. The number of carbonyl (C=O) groups excluding carboxylic acids is 1. The first-order valence-corrected chi connectivity index (χ1v) is 4.58. The molecule has 0 amide bonds. The molecule has 0 spiro atoms. The van der Waals surface area contributed by atoms with Crippen LogP contribution in [-0.4, -0.2) is 24.4 Å². The normalized spacial score (nSPS) is 11.2. The highest BCUT2D eigenvalue weighted by Crippen LogP contribution is 2.25. The Morgan fingerprint density at radius 2 is 2.11 bits per heavy atom. The van der Waals surface area contributed by atoms with Crippen molar-refractivity contribution in [1.29, 1.82) is 0 Å². The van der Waals surface area contributed by atoms with Crippen LogP contribution in [0.15, 0.2) is 10.9 Å². The molecule has 0 aromatic carbocycles. The number of carbonyl (C=O) groups is 1. The minimum atomic E-state index is -5.04. The van der Waals surface area contributed by atoms with E-state index in [1.165, 1.54) is 0 Å². The molecule has 0 radical (unpaired) electrons. The molecular formula is C9H9F3N2O4. The number of pyridine rings is 1. The SMILES string of the molecule is COC(=O)c1c(OC(F)(F)F)cc(CN)[nH]c1=O. The first-order chi connectivity index (χ1) is 8.28. The number of aromatic amines is 1. The fraction of sp³-hybridized carbons (Fsp3) is 0.333. The summed E-state index contributed by atoms with van der Waals surface area (Å²) in [6, 6.07) is 0.821. The Kier molecular flexibility index (Phi) is 3.96. The maximum Gasteiger partial charge on any atom is 0.573 e. The van der Waals surface area contributed by atoms with Crippen molar-refractivity contribution in [2.45, 2.75) is 12.9 Å². The smallest absolute Gasteiger partial charge is 0.465 e. The third-order valence-electron chi connectivity index (χ3n) is 1.89. The lowest BCUT2D eigenvalue weighted by atomic mass is 10.2. The predicted octanol–water partition coefficient (Wildman–Crippen LogP) is 0.519. The van der Waals surface area contributed by atoms with Crippen molar-refractivity contribution in [2.75, 3.05) is 7.11 Å². The molecule has 0 saturated carbocycles. The molecule has 0 aliphatic carbocycles.